The summed E-state index contributed by atoms with van der Waals surface area (Å²) in [5.41, 5.74) is 2.29. The van der Waals surface area contributed by atoms with E-state index in [9.17, 15) is 23.5 Å². The molecule has 8 nitrogen and oxygen atoms in total. The van der Waals surface area contributed by atoms with Crippen molar-refractivity contribution in [3.63, 3.8) is 0 Å². The third-order valence-corrected chi connectivity index (χ3v) is 6.34. The molecule has 0 saturated heterocycles. The van der Waals surface area contributed by atoms with E-state index in [-0.39, 0.29) is 31.7 Å². The molecule has 0 aliphatic carbocycles. The predicted octanol–water partition coefficient (Wildman–Crippen LogP) is 3.46. The third kappa shape index (κ3) is 9.36. The molecule has 1 amide bonds. The van der Waals surface area contributed by atoms with Crippen molar-refractivity contribution in [1.82, 2.24) is 15.2 Å². The molecule has 0 saturated carbocycles. The minimum absolute atomic E-state index is 0.0398. The second kappa shape index (κ2) is 14.6. The molecule has 0 radical (unpaired) electrons. The highest BCUT2D eigenvalue weighted by molar-refractivity contribution is 5.96. The number of unbranched alkanes of at least 4 members (excludes halogenated alkanes) is 1. The number of carboxylic acids is 1. The molecule has 2 aromatic rings. The molecule has 202 valence electrons. The van der Waals surface area contributed by atoms with Gasteiger partial charge in [-0.2, -0.15) is 0 Å². The lowest BCUT2D eigenvalue weighted by atomic mass is 10.1. The van der Waals surface area contributed by atoms with Crippen LogP contribution in [0.25, 0.3) is 0 Å². The summed E-state index contributed by atoms with van der Waals surface area (Å²) in [4.78, 5) is 30.8. The van der Waals surface area contributed by atoms with Crippen molar-refractivity contribution in [3.8, 4) is 0 Å². The summed E-state index contributed by atoms with van der Waals surface area (Å²) in [5.74, 6) is -1.50. The van der Waals surface area contributed by atoms with Gasteiger partial charge in [0.05, 0.1) is 6.61 Å². The number of ether oxygens (including phenoxy) is 1. The van der Waals surface area contributed by atoms with Gasteiger partial charge in [0.25, 0.3) is 5.91 Å². The average Bonchev–Trinajstić information content (AvgIpc) is 2.88. The fraction of sp³-hybridized carbons (Fsp3) is 0.519. The predicted molar refractivity (Wildman–Crippen MR) is 137 cm³/mol. The maximum absolute atomic E-state index is 14.3. The van der Waals surface area contributed by atoms with E-state index in [0.717, 1.165) is 56.2 Å². The Bertz CT molecular complexity index is 1040. The Morgan fingerprint density at radius 3 is 2.84 bits per heavy atom. The Kier molecular flexibility index (Phi) is 11.2. The van der Waals surface area contributed by atoms with Crippen LogP contribution in [0.1, 0.15) is 47.3 Å². The van der Waals surface area contributed by atoms with Gasteiger partial charge in [0.15, 0.2) is 0 Å². The summed E-state index contributed by atoms with van der Waals surface area (Å²) in [7, 11) is 1.43. The summed E-state index contributed by atoms with van der Waals surface area (Å²) in [5, 5.41) is 15.4. The van der Waals surface area contributed by atoms with Gasteiger partial charge >= 0.3 is 5.97 Å². The molecule has 37 heavy (non-hydrogen) atoms. The number of fused-ring (bicyclic) bond motifs is 1. The third-order valence-electron chi connectivity index (χ3n) is 6.34. The van der Waals surface area contributed by atoms with Crippen molar-refractivity contribution in [3.05, 3.63) is 59.0 Å². The summed E-state index contributed by atoms with van der Waals surface area (Å²) in [6.07, 6.45) is 3.43. The molecule has 0 fully saturated rings. The van der Waals surface area contributed by atoms with Crippen molar-refractivity contribution in [2.24, 2.45) is 0 Å². The van der Waals surface area contributed by atoms with E-state index in [4.69, 9.17) is 9.72 Å². The molecular weight excluding hydrogens is 482 g/mol. The standard InChI is InChI=1S/C27H36F2N4O4/c1-37-18-22(29)17-33(14-3-2-9-23-11-10-19-7-5-13-30-25(19)31-23)15-12-24(27(35)36)32-26(34)20-6-4-8-21(28)16-20/h4,6,8,10-11,16,22,24H,2-3,5,7,9,12-15,17-18H2,1H3,(H,30,31)(H,32,34)(H,35,36). The van der Waals surface area contributed by atoms with Gasteiger partial charge in [0.2, 0.25) is 0 Å². The number of carboxylic acid groups (broad SMARTS) is 1. The molecule has 3 N–H and O–H groups in total. The second-order valence-corrected chi connectivity index (χ2v) is 9.31. The number of methoxy groups -OCH3 is 1. The number of nitrogens with zero attached hydrogens (tertiary/aromatic N) is 2. The van der Waals surface area contributed by atoms with E-state index in [2.05, 4.69) is 22.8 Å². The summed E-state index contributed by atoms with van der Waals surface area (Å²) in [6, 6.07) is 8.04. The molecule has 0 bridgehead atoms. The van der Waals surface area contributed by atoms with E-state index in [0.29, 0.717) is 6.54 Å². The Morgan fingerprint density at radius 1 is 1.24 bits per heavy atom. The molecule has 1 aliphatic rings. The molecule has 1 aromatic carbocycles. The van der Waals surface area contributed by atoms with Crippen LogP contribution in [-0.4, -0.2) is 79.0 Å². The van der Waals surface area contributed by atoms with Gasteiger partial charge in [0.1, 0.15) is 23.8 Å². The molecule has 1 aliphatic heterocycles. The van der Waals surface area contributed by atoms with Crippen LogP contribution in [-0.2, 0) is 22.4 Å². The maximum Gasteiger partial charge on any atom is 0.326 e. The van der Waals surface area contributed by atoms with E-state index in [1.807, 2.05) is 4.90 Å². The summed E-state index contributed by atoms with van der Waals surface area (Å²) >= 11 is 0. The number of hydrogen-bond donors (Lipinski definition) is 3. The highest BCUT2D eigenvalue weighted by Gasteiger charge is 2.23. The van der Waals surface area contributed by atoms with Crippen LogP contribution in [0.4, 0.5) is 14.6 Å². The number of pyridine rings is 1. The zero-order valence-electron chi connectivity index (χ0n) is 21.2. The molecule has 1 aromatic heterocycles. The molecule has 2 unspecified atom stereocenters. The molecule has 3 rings (SSSR count). The zero-order valence-corrected chi connectivity index (χ0v) is 21.2. The molecular formula is C27H36F2N4O4. The number of aryl methyl sites for hydroxylation is 2. The van der Waals surface area contributed by atoms with Crippen LogP contribution in [0.5, 0.6) is 0 Å². The number of aromatic nitrogens is 1. The number of rotatable bonds is 15. The van der Waals surface area contributed by atoms with Gasteiger partial charge in [0, 0.05) is 38.0 Å². The lowest BCUT2D eigenvalue weighted by Gasteiger charge is -2.25. The molecule has 2 atom stereocenters. The zero-order chi connectivity index (χ0) is 26.6. The Hall–Kier alpha value is -3.11. The average molecular weight is 519 g/mol. The van der Waals surface area contributed by atoms with Gasteiger partial charge < -0.3 is 25.4 Å². The lowest BCUT2D eigenvalue weighted by Crippen LogP contribution is -2.44. The molecule has 0 spiro atoms. The van der Waals surface area contributed by atoms with Gasteiger partial charge in [-0.05, 0) is 74.9 Å². The Balaban J connectivity index is 1.52. The van der Waals surface area contributed by atoms with E-state index >= 15 is 0 Å². The van der Waals surface area contributed by atoms with Gasteiger partial charge in [-0.25, -0.2) is 18.6 Å². The minimum atomic E-state index is -1.22. The minimum Gasteiger partial charge on any atom is -0.480 e. The number of carbonyl (C=O) groups is 2. The lowest BCUT2D eigenvalue weighted by molar-refractivity contribution is -0.139. The smallest absolute Gasteiger partial charge is 0.326 e. The topological polar surface area (TPSA) is 104 Å². The number of aliphatic carboxylic acids is 1. The first-order valence-corrected chi connectivity index (χ1v) is 12.7. The molecule has 10 heteroatoms. The van der Waals surface area contributed by atoms with Crippen LogP contribution in [0.3, 0.4) is 0 Å². The fourth-order valence-corrected chi connectivity index (χ4v) is 4.40. The molecule has 2 heterocycles. The van der Waals surface area contributed by atoms with Crippen LogP contribution in [0, 0.1) is 5.82 Å². The van der Waals surface area contributed by atoms with Gasteiger partial charge in [-0.3, -0.25) is 4.79 Å². The monoisotopic (exact) mass is 518 g/mol. The highest BCUT2D eigenvalue weighted by atomic mass is 19.1. The SMILES string of the molecule is COCC(F)CN(CCCCc1ccc2c(n1)NCCC2)CCC(NC(=O)c1cccc(F)c1)C(=O)O. The maximum atomic E-state index is 14.3. The normalized spacial score (nSPS) is 14.5. The Labute approximate surface area is 216 Å². The fourth-order valence-electron chi connectivity index (χ4n) is 4.40. The highest BCUT2D eigenvalue weighted by Crippen LogP contribution is 2.20. The number of halogens is 2. The van der Waals surface area contributed by atoms with E-state index < -0.39 is 29.9 Å². The van der Waals surface area contributed by atoms with Crippen molar-refractivity contribution < 1.29 is 28.2 Å². The number of anilines is 1. The van der Waals surface area contributed by atoms with Crippen molar-refractivity contribution in [2.45, 2.75) is 50.7 Å². The van der Waals surface area contributed by atoms with Gasteiger partial charge in [-0.15, -0.1) is 0 Å². The van der Waals surface area contributed by atoms with Crippen LogP contribution >= 0.6 is 0 Å². The number of alkyl halides is 1. The van der Waals surface area contributed by atoms with E-state index in [1.165, 1.54) is 30.9 Å². The number of hydrogen-bond acceptors (Lipinski definition) is 6. The number of nitrogens with one attached hydrogen (secondary N) is 2. The van der Waals surface area contributed by atoms with Crippen LogP contribution in [0.2, 0.25) is 0 Å². The first-order chi connectivity index (χ1) is 17.9. The van der Waals surface area contributed by atoms with E-state index in [1.54, 1.807) is 0 Å². The second-order valence-electron chi connectivity index (χ2n) is 9.31. The summed E-state index contributed by atoms with van der Waals surface area (Å²) in [6.45, 7) is 1.81. The van der Waals surface area contributed by atoms with Crippen molar-refractivity contribution in [1.29, 1.82) is 0 Å². The number of benzene rings is 1. The van der Waals surface area contributed by atoms with Crippen LogP contribution < -0.4 is 10.6 Å². The first kappa shape index (κ1) is 28.5. The van der Waals surface area contributed by atoms with Crippen LogP contribution in [0.15, 0.2) is 36.4 Å². The van der Waals surface area contributed by atoms with Gasteiger partial charge in [-0.1, -0.05) is 12.1 Å². The largest absolute Gasteiger partial charge is 0.480 e. The van der Waals surface area contributed by atoms with Crippen molar-refractivity contribution >= 4 is 17.7 Å². The quantitative estimate of drug-likeness (QED) is 0.310. The number of amides is 1. The Morgan fingerprint density at radius 2 is 2.08 bits per heavy atom. The first-order valence-electron chi connectivity index (χ1n) is 12.7. The van der Waals surface area contributed by atoms with Crippen molar-refractivity contribution in [2.75, 3.05) is 45.2 Å². The summed E-state index contributed by atoms with van der Waals surface area (Å²) < 4.78 is 32.7. The number of carbonyl (C=O) groups excluding carboxylic acids is 1.